The van der Waals surface area contributed by atoms with Crippen LogP contribution in [0.1, 0.15) is 6.92 Å². The average molecular weight is 354 g/mol. The summed E-state index contributed by atoms with van der Waals surface area (Å²) in [5, 5.41) is 2.41. The van der Waals surface area contributed by atoms with Gasteiger partial charge in [-0.1, -0.05) is 0 Å². The number of rotatable bonds is 1. The van der Waals surface area contributed by atoms with Crippen LogP contribution < -0.4 is 11.0 Å². The van der Waals surface area contributed by atoms with Crippen molar-refractivity contribution in [2.24, 2.45) is 0 Å². The molecule has 6 heteroatoms. The molecule has 0 saturated carbocycles. The first-order chi connectivity index (χ1) is 5.18. The summed E-state index contributed by atoms with van der Waals surface area (Å²) in [4.78, 5) is 26.7. The van der Waals surface area contributed by atoms with Crippen molar-refractivity contribution in [1.29, 1.82) is 0 Å². The van der Waals surface area contributed by atoms with E-state index in [0.29, 0.717) is 5.82 Å². The number of nitrogens with zero attached hydrogens (tertiary/aromatic N) is 1. The van der Waals surface area contributed by atoms with E-state index in [2.05, 4.69) is 15.3 Å². The van der Waals surface area contributed by atoms with Gasteiger partial charge in [-0.25, -0.2) is 9.78 Å². The van der Waals surface area contributed by atoms with E-state index in [1.54, 1.807) is 0 Å². The molecule has 1 aromatic heterocycles. The van der Waals surface area contributed by atoms with Crippen LogP contribution in [0.25, 0.3) is 0 Å². The minimum atomic E-state index is -0.476. The van der Waals surface area contributed by atoms with E-state index in [1.165, 1.54) is 19.2 Å². The largest absolute Gasteiger partial charge is 0.346 e. The van der Waals surface area contributed by atoms with Gasteiger partial charge in [0.1, 0.15) is 5.82 Å². The molecule has 12 heavy (non-hydrogen) atoms. The van der Waals surface area contributed by atoms with Crippen LogP contribution in [0.3, 0.4) is 0 Å². The van der Waals surface area contributed by atoms with Crippen LogP contribution in [0.2, 0.25) is 0 Å². The third-order valence-corrected chi connectivity index (χ3v) is 0.985. The molecule has 0 saturated heterocycles. The van der Waals surface area contributed by atoms with Gasteiger partial charge in [0, 0.05) is 40.8 Å². The Balaban J connectivity index is 0.00000121. The van der Waals surface area contributed by atoms with E-state index in [9.17, 15) is 9.59 Å². The molecule has 1 aromatic rings. The fourth-order valence-corrected chi connectivity index (χ4v) is 0.631. The molecular formula is C6H7HgN3O2. The van der Waals surface area contributed by atoms with E-state index in [4.69, 9.17) is 0 Å². The van der Waals surface area contributed by atoms with E-state index in [0.717, 1.165) is 0 Å². The van der Waals surface area contributed by atoms with Gasteiger partial charge in [-0.3, -0.25) is 9.78 Å². The second kappa shape index (κ2) is 5.02. The first-order valence-corrected chi connectivity index (χ1v) is 3.01. The fraction of sp³-hybridized carbons (Fsp3) is 0.167. The Bertz CT molecular complexity index is 323. The Morgan fingerprint density at radius 2 is 2.33 bits per heavy atom. The zero-order chi connectivity index (χ0) is 8.27. The monoisotopic (exact) mass is 355 g/mol. The van der Waals surface area contributed by atoms with Crippen LogP contribution in [-0.2, 0) is 32.5 Å². The summed E-state index contributed by atoms with van der Waals surface area (Å²) in [7, 11) is 0. The maximum atomic E-state index is 10.6. The summed E-state index contributed by atoms with van der Waals surface area (Å²) in [6, 6.07) is 1.50. The van der Waals surface area contributed by atoms with E-state index < -0.39 is 5.69 Å². The van der Waals surface area contributed by atoms with Gasteiger partial charge in [-0.2, -0.15) is 0 Å². The van der Waals surface area contributed by atoms with Crippen molar-refractivity contribution in [1.82, 2.24) is 9.97 Å². The molecule has 0 radical (unpaired) electrons. The number of carbonyl (C=O) groups is 1. The molecule has 1 amide bonds. The van der Waals surface area contributed by atoms with Gasteiger partial charge in [0.05, 0.1) is 0 Å². The van der Waals surface area contributed by atoms with E-state index in [-0.39, 0.29) is 33.6 Å². The first-order valence-electron chi connectivity index (χ1n) is 3.01. The second-order valence-electron chi connectivity index (χ2n) is 1.97. The van der Waals surface area contributed by atoms with Gasteiger partial charge >= 0.3 is 5.69 Å². The number of H-pyrrole nitrogens is 1. The van der Waals surface area contributed by atoms with Crippen molar-refractivity contribution in [3.8, 4) is 0 Å². The summed E-state index contributed by atoms with van der Waals surface area (Å²) in [6.07, 6.45) is 1.32. The zero-order valence-corrected chi connectivity index (χ0v) is 12.1. The van der Waals surface area contributed by atoms with Crippen molar-refractivity contribution in [3.63, 3.8) is 0 Å². The number of aromatic nitrogens is 2. The summed E-state index contributed by atoms with van der Waals surface area (Å²) < 4.78 is 0. The zero-order valence-electron chi connectivity index (χ0n) is 6.63. The molecule has 0 fully saturated rings. The first kappa shape index (κ1) is 11.3. The molecule has 0 bridgehead atoms. The van der Waals surface area contributed by atoms with Gasteiger partial charge in [0.2, 0.25) is 5.91 Å². The van der Waals surface area contributed by atoms with E-state index >= 15 is 0 Å². The van der Waals surface area contributed by atoms with Crippen molar-refractivity contribution < 1.29 is 32.5 Å². The van der Waals surface area contributed by atoms with Crippen LogP contribution in [0, 0.1) is 0 Å². The summed E-state index contributed by atoms with van der Waals surface area (Å²) >= 11 is 0. The van der Waals surface area contributed by atoms with Crippen molar-refractivity contribution in [3.05, 3.63) is 22.7 Å². The predicted octanol–water partition coefficient (Wildman–Crippen LogP) is -0.274. The van der Waals surface area contributed by atoms with Crippen LogP contribution in [0.15, 0.2) is 17.1 Å². The molecule has 60 valence electrons. The number of hydrogen-bond acceptors (Lipinski definition) is 3. The summed E-state index contributed by atoms with van der Waals surface area (Å²) in [5.41, 5.74) is -0.476. The minimum absolute atomic E-state index is 0. The fourth-order valence-electron chi connectivity index (χ4n) is 0.631. The van der Waals surface area contributed by atoms with Gasteiger partial charge in [-0.05, 0) is 6.07 Å². The van der Waals surface area contributed by atoms with Crippen LogP contribution >= 0.6 is 0 Å². The maximum Gasteiger partial charge on any atom is 0.346 e. The normalized spacial score (nSPS) is 8.42. The van der Waals surface area contributed by atoms with Gasteiger partial charge in [0.15, 0.2) is 0 Å². The smallest absolute Gasteiger partial charge is 0.312 e. The molecule has 1 rings (SSSR count). The number of aromatic amines is 1. The summed E-state index contributed by atoms with van der Waals surface area (Å²) in [6.45, 7) is 1.36. The van der Waals surface area contributed by atoms with Crippen LogP contribution in [0.5, 0.6) is 0 Å². The van der Waals surface area contributed by atoms with Crippen molar-refractivity contribution in [2.45, 2.75) is 6.92 Å². The Morgan fingerprint density at radius 3 is 2.83 bits per heavy atom. The Morgan fingerprint density at radius 1 is 1.67 bits per heavy atom. The molecule has 0 unspecified atom stereocenters. The number of anilines is 1. The second-order valence-corrected chi connectivity index (χ2v) is 1.97. The van der Waals surface area contributed by atoms with Crippen molar-refractivity contribution >= 4 is 11.7 Å². The Kier molecular flexibility index (Phi) is 4.72. The molecule has 0 atom stereocenters. The average Bonchev–Trinajstić information content (AvgIpc) is 1.85. The molecule has 1 heterocycles. The van der Waals surface area contributed by atoms with Crippen LogP contribution in [-0.4, -0.2) is 15.9 Å². The molecule has 0 aromatic carbocycles. The van der Waals surface area contributed by atoms with Gasteiger partial charge in [0.25, 0.3) is 0 Å². The molecular weight excluding hydrogens is 347 g/mol. The number of amides is 1. The molecule has 0 spiro atoms. The number of nitrogens with one attached hydrogen (secondary N) is 2. The molecule has 2 N–H and O–H groups in total. The van der Waals surface area contributed by atoms with E-state index in [1.807, 2.05) is 0 Å². The van der Waals surface area contributed by atoms with Crippen LogP contribution in [0.4, 0.5) is 5.82 Å². The summed E-state index contributed by atoms with van der Waals surface area (Å²) in [5.74, 6) is 0.129. The molecule has 0 aliphatic rings. The minimum Gasteiger partial charge on any atom is -0.312 e. The topological polar surface area (TPSA) is 74.8 Å². The SMILES string of the molecule is CC(=O)Nc1ccnc(=O)[nH]1.[Hg]. The van der Waals surface area contributed by atoms with Crippen molar-refractivity contribution in [2.75, 3.05) is 5.32 Å². The molecule has 0 aliphatic carbocycles. The number of hydrogen-bond donors (Lipinski definition) is 2. The third-order valence-electron chi connectivity index (χ3n) is 0.985. The van der Waals surface area contributed by atoms with Gasteiger partial charge in [-0.15, -0.1) is 0 Å². The predicted molar refractivity (Wildman–Crippen MR) is 39.2 cm³/mol. The molecule has 0 aliphatic heterocycles. The molecule has 5 nitrogen and oxygen atoms in total. The quantitative estimate of drug-likeness (QED) is 0.682. The standard InChI is InChI=1S/C6H7N3O2.Hg/c1-4(10)8-5-2-3-7-6(11)9-5;/h2-3H,1H3,(H2,7,8,9,10,11);. The Hall–Kier alpha value is -0.715. The third kappa shape index (κ3) is 3.61. The number of carbonyl (C=O) groups excluding carboxylic acids is 1. The van der Waals surface area contributed by atoms with Gasteiger partial charge < -0.3 is 5.32 Å². The maximum absolute atomic E-state index is 10.6. The Labute approximate surface area is 89.1 Å².